The Bertz CT molecular complexity index is 880. The normalized spacial score (nSPS) is 10.7. The SMILES string of the molecule is COc1ccc2nc(C)cc(OCc3ccc(OC)c(F)c3)c2c1. The van der Waals surface area contributed by atoms with Crippen LogP contribution in [0.15, 0.2) is 42.5 Å². The summed E-state index contributed by atoms with van der Waals surface area (Å²) in [6.07, 6.45) is 0. The number of hydrogen-bond donors (Lipinski definition) is 0. The van der Waals surface area contributed by atoms with E-state index in [1.54, 1.807) is 19.2 Å². The van der Waals surface area contributed by atoms with E-state index in [0.717, 1.165) is 27.9 Å². The molecule has 124 valence electrons. The quantitative estimate of drug-likeness (QED) is 0.701. The molecule has 3 rings (SSSR count). The number of halogens is 1. The van der Waals surface area contributed by atoms with Gasteiger partial charge in [-0.15, -0.1) is 0 Å². The zero-order valence-electron chi connectivity index (χ0n) is 13.8. The molecule has 5 heteroatoms. The van der Waals surface area contributed by atoms with Crippen molar-refractivity contribution in [2.24, 2.45) is 0 Å². The molecule has 4 nitrogen and oxygen atoms in total. The van der Waals surface area contributed by atoms with Gasteiger partial charge in [-0.1, -0.05) is 6.07 Å². The monoisotopic (exact) mass is 327 g/mol. The molecule has 1 heterocycles. The van der Waals surface area contributed by atoms with Gasteiger partial charge in [0.2, 0.25) is 0 Å². The lowest BCUT2D eigenvalue weighted by atomic mass is 10.1. The first-order chi connectivity index (χ1) is 11.6. The number of benzene rings is 2. The molecular formula is C19H18FNO3. The van der Waals surface area contributed by atoms with Crippen LogP contribution in [0.2, 0.25) is 0 Å². The first-order valence-corrected chi connectivity index (χ1v) is 7.51. The van der Waals surface area contributed by atoms with Crippen LogP contribution in [-0.4, -0.2) is 19.2 Å². The van der Waals surface area contributed by atoms with Crippen LogP contribution in [0, 0.1) is 12.7 Å². The third kappa shape index (κ3) is 3.25. The van der Waals surface area contributed by atoms with Crippen molar-refractivity contribution < 1.29 is 18.6 Å². The first kappa shape index (κ1) is 16.1. The molecule has 0 saturated carbocycles. The Balaban J connectivity index is 1.90. The number of fused-ring (bicyclic) bond motifs is 1. The van der Waals surface area contributed by atoms with E-state index in [9.17, 15) is 4.39 Å². The lowest BCUT2D eigenvalue weighted by Crippen LogP contribution is -1.99. The van der Waals surface area contributed by atoms with E-state index in [-0.39, 0.29) is 12.4 Å². The van der Waals surface area contributed by atoms with Gasteiger partial charge < -0.3 is 14.2 Å². The highest BCUT2D eigenvalue weighted by atomic mass is 19.1. The molecular weight excluding hydrogens is 309 g/mol. The first-order valence-electron chi connectivity index (χ1n) is 7.51. The molecule has 0 fully saturated rings. The fourth-order valence-corrected chi connectivity index (χ4v) is 2.51. The number of hydrogen-bond acceptors (Lipinski definition) is 4. The predicted molar refractivity (Wildman–Crippen MR) is 90.3 cm³/mol. The number of nitrogens with zero attached hydrogens (tertiary/aromatic N) is 1. The molecule has 0 bridgehead atoms. The van der Waals surface area contributed by atoms with Gasteiger partial charge in [0.05, 0.1) is 19.7 Å². The molecule has 2 aromatic carbocycles. The van der Waals surface area contributed by atoms with Crippen molar-refractivity contribution in [1.82, 2.24) is 4.98 Å². The zero-order chi connectivity index (χ0) is 17.1. The van der Waals surface area contributed by atoms with Gasteiger partial charge in [-0.25, -0.2) is 4.39 Å². The Kier molecular flexibility index (Phi) is 4.51. The third-order valence-corrected chi connectivity index (χ3v) is 3.72. The largest absolute Gasteiger partial charge is 0.497 e. The number of aromatic nitrogens is 1. The number of pyridine rings is 1. The van der Waals surface area contributed by atoms with Crippen molar-refractivity contribution in [3.63, 3.8) is 0 Å². The van der Waals surface area contributed by atoms with Crippen molar-refractivity contribution in [2.75, 3.05) is 14.2 Å². The molecule has 0 aliphatic carbocycles. The summed E-state index contributed by atoms with van der Waals surface area (Å²) in [4.78, 5) is 4.49. The molecule has 1 aromatic heterocycles. The van der Waals surface area contributed by atoms with Crippen LogP contribution in [0.25, 0.3) is 10.9 Å². The fraction of sp³-hybridized carbons (Fsp3) is 0.211. The minimum Gasteiger partial charge on any atom is -0.497 e. The number of methoxy groups -OCH3 is 2. The van der Waals surface area contributed by atoms with E-state index < -0.39 is 5.82 Å². The molecule has 0 saturated heterocycles. The summed E-state index contributed by atoms with van der Waals surface area (Å²) in [5.74, 6) is 1.23. The second kappa shape index (κ2) is 6.74. The van der Waals surface area contributed by atoms with Crippen LogP contribution in [-0.2, 0) is 6.61 Å². The lowest BCUT2D eigenvalue weighted by molar-refractivity contribution is 0.308. The third-order valence-electron chi connectivity index (χ3n) is 3.72. The maximum absolute atomic E-state index is 13.8. The molecule has 0 aliphatic heterocycles. The summed E-state index contributed by atoms with van der Waals surface area (Å²) in [7, 11) is 3.05. The molecule has 0 spiro atoms. The van der Waals surface area contributed by atoms with Gasteiger partial charge >= 0.3 is 0 Å². The zero-order valence-corrected chi connectivity index (χ0v) is 13.8. The molecule has 0 unspecified atom stereocenters. The summed E-state index contributed by atoms with van der Waals surface area (Å²) >= 11 is 0. The van der Waals surface area contributed by atoms with E-state index >= 15 is 0 Å². The smallest absolute Gasteiger partial charge is 0.165 e. The van der Waals surface area contributed by atoms with Crippen molar-refractivity contribution in [3.05, 3.63) is 59.5 Å². The maximum Gasteiger partial charge on any atom is 0.165 e. The molecule has 0 amide bonds. The van der Waals surface area contributed by atoms with Gasteiger partial charge in [0, 0.05) is 17.1 Å². The standard InChI is InChI=1S/C19H18FNO3/c1-12-8-19(15-10-14(22-2)5-6-17(15)21-12)24-11-13-4-7-18(23-3)16(20)9-13/h4-10H,11H2,1-3H3. The maximum atomic E-state index is 13.8. The summed E-state index contributed by atoms with van der Waals surface area (Å²) < 4.78 is 29.9. The second-order valence-corrected chi connectivity index (χ2v) is 5.40. The number of ether oxygens (including phenoxy) is 3. The van der Waals surface area contributed by atoms with E-state index in [2.05, 4.69) is 4.98 Å². The predicted octanol–water partition coefficient (Wildman–Crippen LogP) is 4.28. The second-order valence-electron chi connectivity index (χ2n) is 5.40. The molecule has 24 heavy (non-hydrogen) atoms. The molecule has 3 aromatic rings. The highest BCUT2D eigenvalue weighted by Crippen LogP contribution is 2.30. The molecule has 0 N–H and O–H groups in total. The van der Waals surface area contributed by atoms with Crippen LogP contribution in [0.5, 0.6) is 17.2 Å². The lowest BCUT2D eigenvalue weighted by Gasteiger charge is -2.12. The van der Waals surface area contributed by atoms with Crippen LogP contribution in [0.4, 0.5) is 4.39 Å². The summed E-state index contributed by atoms with van der Waals surface area (Å²) in [6.45, 7) is 2.15. The Labute approximate surface area is 139 Å². The van der Waals surface area contributed by atoms with Crippen LogP contribution in [0.1, 0.15) is 11.3 Å². The van der Waals surface area contributed by atoms with Gasteiger partial charge in [0.1, 0.15) is 18.1 Å². The average molecular weight is 327 g/mol. The highest BCUT2D eigenvalue weighted by Gasteiger charge is 2.09. The van der Waals surface area contributed by atoms with Crippen molar-refractivity contribution in [2.45, 2.75) is 13.5 Å². The molecule has 0 aliphatic rings. The average Bonchev–Trinajstić information content (AvgIpc) is 2.59. The Morgan fingerprint density at radius 1 is 0.958 bits per heavy atom. The van der Waals surface area contributed by atoms with Gasteiger partial charge in [-0.3, -0.25) is 4.98 Å². The van der Waals surface area contributed by atoms with E-state index in [0.29, 0.717) is 5.75 Å². The van der Waals surface area contributed by atoms with Crippen molar-refractivity contribution in [1.29, 1.82) is 0 Å². The van der Waals surface area contributed by atoms with E-state index in [1.165, 1.54) is 13.2 Å². The molecule has 0 radical (unpaired) electrons. The summed E-state index contributed by atoms with van der Waals surface area (Å²) in [5, 5.41) is 0.855. The van der Waals surface area contributed by atoms with E-state index in [1.807, 2.05) is 31.2 Å². The number of aryl methyl sites for hydroxylation is 1. The Morgan fingerprint density at radius 3 is 2.50 bits per heavy atom. The Morgan fingerprint density at radius 2 is 1.79 bits per heavy atom. The van der Waals surface area contributed by atoms with Crippen molar-refractivity contribution >= 4 is 10.9 Å². The summed E-state index contributed by atoms with van der Waals surface area (Å²) in [5.41, 5.74) is 2.40. The van der Waals surface area contributed by atoms with Gasteiger partial charge in [-0.05, 0) is 42.8 Å². The van der Waals surface area contributed by atoms with Gasteiger partial charge in [-0.2, -0.15) is 0 Å². The number of rotatable bonds is 5. The minimum absolute atomic E-state index is 0.216. The molecule has 0 atom stereocenters. The minimum atomic E-state index is -0.406. The van der Waals surface area contributed by atoms with Gasteiger partial charge in [0.15, 0.2) is 11.6 Å². The van der Waals surface area contributed by atoms with Crippen molar-refractivity contribution in [3.8, 4) is 17.2 Å². The van der Waals surface area contributed by atoms with Crippen LogP contribution < -0.4 is 14.2 Å². The van der Waals surface area contributed by atoms with Crippen LogP contribution >= 0.6 is 0 Å². The van der Waals surface area contributed by atoms with Gasteiger partial charge in [0.25, 0.3) is 0 Å². The summed E-state index contributed by atoms with van der Waals surface area (Å²) in [6, 6.07) is 12.3. The highest BCUT2D eigenvalue weighted by molar-refractivity contribution is 5.86. The topological polar surface area (TPSA) is 40.6 Å². The Hall–Kier alpha value is -2.82. The fourth-order valence-electron chi connectivity index (χ4n) is 2.51. The van der Waals surface area contributed by atoms with Crippen LogP contribution in [0.3, 0.4) is 0 Å². The van der Waals surface area contributed by atoms with E-state index in [4.69, 9.17) is 14.2 Å².